The Hall–Kier alpha value is -2.65. The maximum atomic E-state index is 13.7. The van der Waals surface area contributed by atoms with Crippen LogP contribution in [0.3, 0.4) is 0 Å². The Balaban J connectivity index is 1.60. The lowest BCUT2D eigenvalue weighted by Gasteiger charge is -2.30. The molecule has 1 aliphatic heterocycles. The van der Waals surface area contributed by atoms with Crippen molar-refractivity contribution < 1.29 is 12.8 Å². The molecule has 2 heterocycles. The Morgan fingerprint density at radius 1 is 1.03 bits per heavy atom. The van der Waals surface area contributed by atoms with E-state index in [-0.39, 0.29) is 22.8 Å². The highest BCUT2D eigenvalue weighted by Crippen LogP contribution is 2.42. The van der Waals surface area contributed by atoms with Gasteiger partial charge in [0, 0.05) is 6.04 Å². The molecule has 1 aromatic heterocycles. The fourth-order valence-corrected chi connectivity index (χ4v) is 6.10. The highest BCUT2D eigenvalue weighted by molar-refractivity contribution is 7.89. The summed E-state index contributed by atoms with van der Waals surface area (Å²) in [5.41, 5.74) is 1.82. The maximum absolute atomic E-state index is 13.7. The van der Waals surface area contributed by atoms with Gasteiger partial charge in [-0.3, -0.25) is 0 Å². The summed E-state index contributed by atoms with van der Waals surface area (Å²) in [5.74, 6) is 0.280. The molecule has 2 aromatic carbocycles. The van der Waals surface area contributed by atoms with Crippen molar-refractivity contribution in [2.45, 2.75) is 63.1 Å². The van der Waals surface area contributed by atoms with Crippen LogP contribution in [0.15, 0.2) is 53.4 Å². The Bertz CT molecular complexity index is 1130. The molecule has 7 nitrogen and oxygen atoms in total. The second kappa shape index (κ2) is 8.84. The van der Waals surface area contributed by atoms with Crippen molar-refractivity contribution in [3.05, 3.63) is 71.3 Å². The number of halogens is 1. The molecule has 1 aliphatic rings. The Kier molecular flexibility index (Phi) is 6.15. The van der Waals surface area contributed by atoms with Gasteiger partial charge >= 0.3 is 0 Å². The summed E-state index contributed by atoms with van der Waals surface area (Å²) in [6.07, 6.45) is 2.86. The lowest BCUT2D eigenvalue weighted by Crippen LogP contribution is -2.37. The molecule has 0 aliphatic carbocycles. The molecule has 4 rings (SSSR count). The van der Waals surface area contributed by atoms with E-state index in [2.05, 4.69) is 15.4 Å². The highest BCUT2D eigenvalue weighted by atomic mass is 32.2. The topological polar surface area (TPSA) is 81.0 Å². The number of tetrazole rings is 1. The van der Waals surface area contributed by atoms with Crippen LogP contribution in [0.2, 0.25) is 0 Å². The third-order valence-corrected chi connectivity index (χ3v) is 7.72. The van der Waals surface area contributed by atoms with Gasteiger partial charge in [0.1, 0.15) is 5.82 Å². The largest absolute Gasteiger partial charge is 0.243 e. The minimum Gasteiger partial charge on any atom is -0.207 e. The van der Waals surface area contributed by atoms with Gasteiger partial charge in [-0.2, -0.15) is 9.10 Å². The van der Waals surface area contributed by atoms with Gasteiger partial charge in [0.05, 0.1) is 17.5 Å². The summed E-state index contributed by atoms with van der Waals surface area (Å²) in [6, 6.07) is 12.6. The lowest BCUT2D eigenvalue weighted by molar-refractivity contribution is 0.301. The van der Waals surface area contributed by atoms with E-state index < -0.39 is 10.0 Å². The Labute approximate surface area is 181 Å². The van der Waals surface area contributed by atoms with E-state index >= 15 is 0 Å². The summed E-state index contributed by atoms with van der Waals surface area (Å²) >= 11 is 0. The molecule has 0 N–H and O–H groups in total. The first-order valence-electron chi connectivity index (χ1n) is 10.4. The molecule has 2 atom stereocenters. The van der Waals surface area contributed by atoms with E-state index in [0.717, 1.165) is 24.0 Å². The number of hydrogen-bond acceptors (Lipinski definition) is 5. The van der Waals surface area contributed by atoms with Crippen LogP contribution in [0.1, 0.15) is 48.7 Å². The van der Waals surface area contributed by atoms with Crippen molar-refractivity contribution in [1.29, 1.82) is 0 Å². The average molecular weight is 444 g/mol. The van der Waals surface area contributed by atoms with E-state index in [4.69, 9.17) is 0 Å². The predicted molar refractivity (Wildman–Crippen MR) is 114 cm³/mol. The number of hydrogen-bond donors (Lipinski definition) is 0. The summed E-state index contributed by atoms with van der Waals surface area (Å²) in [4.78, 5) is 1.83. The quantitative estimate of drug-likeness (QED) is 0.555. The number of sulfonamides is 1. The van der Waals surface area contributed by atoms with Crippen LogP contribution < -0.4 is 0 Å². The first kappa shape index (κ1) is 21.6. The monoisotopic (exact) mass is 443 g/mol. The van der Waals surface area contributed by atoms with Crippen LogP contribution in [-0.2, 0) is 16.6 Å². The van der Waals surface area contributed by atoms with Crippen LogP contribution >= 0.6 is 0 Å². The fourth-order valence-electron chi connectivity index (χ4n) is 4.21. The number of aryl methyl sites for hydroxylation is 3. The Morgan fingerprint density at radius 3 is 2.39 bits per heavy atom. The van der Waals surface area contributed by atoms with Crippen LogP contribution in [-0.4, -0.2) is 39.0 Å². The third kappa shape index (κ3) is 4.67. The molecule has 1 saturated heterocycles. The van der Waals surface area contributed by atoms with Crippen LogP contribution in [0.5, 0.6) is 0 Å². The molecule has 31 heavy (non-hydrogen) atoms. The van der Waals surface area contributed by atoms with Gasteiger partial charge < -0.3 is 0 Å². The zero-order valence-electron chi connectivity index (χ0n) is 17.6. The van der Waals surface area contributed by atoms with Crippen molar-refractivity contribution in [1.82, 2.24) is 24.5 Å². The standard InChI is InChI=1S/C22H26FN5O2S/c1-16-5-12-21(13-6-16)31(29,30)28-20(4-3-15-27-25-17(2)24-26-27)11-14-22(28)18-7-9-19(23)10-8-18/h5-10,12-13,20,22H,3-4,11,14-15H2,1-2H3. The molecule has 1 fully saturated rings. The molecule has 2 unspecified atom stereocenters. The number of aromatic nitrogens is 4. The number of rotatable bonds is 7. The summed E-state index contributed by atoms with van der Waals surface area (Å²) in [6.45, 7) is 4.29. The van der Waals surface area contributed by atoms with Gasteiger partial charge in [0.15, 0.2) is 5.82 Å². The fraction of sp³-hybridized carbons (Fsp3) is 0.409. The normalized spacial score (nSPS) is 19.7. The van der Waals surface area contributed by atoms with E-state index in [1.165, 1.54) is 12.1 Å². The van der Waals surface area contributed by atoms with E-state index in [1.807, 2.05) is 19.1 Å². The van der Waals surface area contributed by atoms with Crippen LogP contribution in [0.25, 0.3) is 0 Å². The summed E-state index contributed by atoms with van der Waals surface area (Å²) in [5, 5.41) is 12.1. The second-order valence-corrected chi connectivity index (χ2v) is 9.86. The SMILES string of the molecule is Cc1ccc(S(=O)(=O)N2C(CCCn3nnc(C)n3)CCC2c2ccc(F)cc2)cc1. The third-order valence-electron chi connectivity index (χ3n) is 5.74. The van der Waals surface area contributed by atoms with Crippen molar-refractivity contribution in [2.24, 2.45) is 0 Å². The molecule has 3 aromatic rings. The smallest absolute Gasteiger partial charge is 0.207 e. The first-order chi connectivity index (χ1) is 14.8. The van der Waals surface area contributed by atoms with E-state index in [9.17, 15) is 12.8 Å². The average Bonchev–Trinajstić information content (AvgIpc) is 3.36. The minimum atomic E-state index is -3.71. The zero-order chi connectivity index (χ0) is 22.0. The summed E-state index contributed by atoms with van der Waals surface area (Å²) < 4.78 is 42.4. The van der Waals surface area contributed by atoms with Gasteiger partial charge in [-0.25, -0.2) is 12.8 Å². The van der Waals surface area contributed by atoms with Crippen molar-refractivity contribution in [3.63, 3.8) is 0 Å². The molecule has 0 spiro atoms. The molecule has 0 radical (unpaired) electrons. The number of nitrogens with zero attached hydrogens (tertiary/aromatic N) is 5. The van der Waals surface area contributed by atoms with Crippen LogP contribution in [0, 0.1) is 19.7 Å². The minimum absolute atomic E-state index is 0.147. The predicted octanol–water partition coefficient (Wildman–Crippen LogP) is 3.80. The van der Waals surface area contributed by atoms with E-state index in [1.54, 1.807) is 40.3 Å². The second-order valence-electron chi connectivity index (χ2n) is 8.02. The van der Waals surface area contributed by atoms with Crippen molar-refractivity contribution in [3.8, 4) is 0 Å². The number of benzene rings is 2. The van der Waals surface area contributed by atoms with Gasteiger partial charge in [0.2, 0.25) is 10.0 Å². The van der Waals surface area contributed by atoms with Crippen molar-refractivity contribution in [2.75, 3.05) is 0 Å². The molecule has 0 bridgehead atoms. The molecular weight excluding hydrogens is 417 g/mol. The van der Waals surface area contributed by atoms with Crippen LogP contribution in [0.4, 0.5) is 4.39 Å². The zero-order valence-corrected chi connectivity index (χ0v) is 18.5. The first-order valence-corrected chi connectivity index (χ1v) is 11.9. The van der Waals surface area contributed by atoms with Gasteiger partial charge in [-0.15, -0.1) is 10.2 Å². The van der Waals surface area contributed by atoms with Crippen molar-refractivity contribution >= 4 is 10.0 Å². The maximum Gasteiger partial charge on any atom is 0.243 e. The lowest BCUT2D eigenvalue weighted by atomic mass is 10.0. The molecule has 164 valence electrons. The Morgan fingerprint density at radius 2 is 1.74 bits per heavy atom. The van der Waals surface area contributed by atoms with Gasteiger partial charge in [-0.05, 0) is 74.6 Å². The molecule has 9 heteroatoms. The molecular formula is C22H26FN5O2S. The highest BCUT2D eigenvalue weighted by Gasteiger charge is 2.42. The summed E-state index contributed by atoms with van der Waals surface area (Å²) in [7, 11) is -3.71. The van der Waals surface area contributed by atoms with E-state index in [0.29, 0.717) is 25.2 Å². The van der Waals surface area contributed by atoms with Gasteiger partial charge in [-0.1, -0.05) is 29.8 Å². The molecule has 0 saturated carbocycles. The van der Waals surface area contributed by atoms with Gasteiger partial charge in [0.25, 0.3) is 0 Å². The molecule has 0 amide bonds.